The van der Waals surface area contributed by atoms with Gasteiger partial charge < -0.3 is 10.4 Å². The fourth-order valence-corrected chi connectivity index (χ4v) is 3.19. The quantitative estimate of drug-likeness (QED) is 0.816. The lowest BCUT2D eigenvalue weighted by Crippen LogP contribution is -2.50. The van der Waals surface area contributed by atoms with Gasteiger partial charge in [0.1, 0.15) is 5.82 Å². The second kappa shape index (κ2) is 7.59. The lowest BCUT2D eigenvalue weighted by atomic mass is 10.0. The van der Waals surface area contributed by atoms with E-state index in [1.54, 1.807) is 6.07 Å². The fraction of sp³-hybridized carbons (Fsp3) is 0.611. The van der Waals surface area contributed by atoms with Crippen molar-refractivity contribution < 1.29 is 14.3 Å². The molecule has 5 nitrogen and oxygen atoms in total. The highest BCUT2D eigenvalue weighted by atomic mass is 19.1. The molecular weight excluding hydrogens is 309 g/mol. The van der Waals surface area contributed by atoms with Gasteiger partial charge in [-0.1, -0.05) is 6.07 Å². The summed E-state index contributed by atoms with van der Waals surface area (Å²) in [5.41, 5.74) is 1.56. The number of halogens is 1. The second-order valence-corrected chi connectivity index (χ2v) is 6.94. The number of rotatable bonds is 6. The highest BCUT2D eigenvalue weighted by molar-refractivity contribution is 5.78. The van der Waals surface area contributed by atoms with E-state index < -0.39 is 6.10 Å². The number of hydrogen-bond acceptors (Lipinski definition) is 4. The number of benzene rings is 1. The molecule has 1 atom stereocenters. The Kier molecular flexibility index (Phi) is 5.48. The molecule has 3 rings (SSSR count). The maximum atomic E-state index is 13.2. The van der Waals surface area contributed by atoms with E-state index >= 15 is 0 Å². The minimum atomic E-state index is -0.615. The van der Waals surface area contributed by atoms with Crippen molar-refractivity contribution in [1.82, 2.24) is 15.1 Å². The van der Waals surface area contributed by atoms with Crippen LogP contribution in [-0.2, 0) is 4.79 Å². The lowest BCUT2D eigenvalue weighted by Gasteiger charge is -2.35. The average Bonchev–Trinajstić information content (AvgIpc) is 3.33. The summed E-state index contributed by atoms with van der Waals surface area (Å²) in [5.74, 6) is -0.158. The van der Waals surface area contributed by atoms with Crippen molar-refractivity contribution in [2.24, 2.45) is 0 Å². The van der Waals surface area contributed by atoms with Crippen LogP contribution in [0.3, 0.4) is 0 Å². The minimum absolute atomic E-state index is 0.118. The number of nitrogens with one attached hydrogen (secondary N) is 1. The molecular formula is C18H26FN3O2. The zero-order valence-electron chi connectivity index (χ0n) is 14.2. The van der Waals surface area contributed by atoms with Crippen molar-refractivity contribution in [1.29, 1.82) is 0 Å². The van der Waals surface area contributed by atoms with Gasteiger partial charge in [0.05, 0.1) is 12.6 Å². The number of nitrogens with zero attached hydrogens (tertiary/aromatic N) is 2. The van der Waals surface area contributed by atoms with Crippen LogP contribution in [0, 0.1) is 12.7 Å². The molecule has 24 heavy (non-hydrogen) atoms. The maximum absolute atomic E-state index is 13.2. The van der Waals surface area contributed by atoms with Gasteiger partial charge in [-0.05, 0) is 43.0 Å². The summed E-state index contributed by atoms with van der Waals surface area (Å²) in [5, 5.41) is 13.4. The first-order chi connectivity index (χ1) is 11.5. The van der Waals surface area contributed by atoms with Crippen molar-refractivity contribution in [2.45, 2.75) is 31.9 Å². The molecule has 1 saturated heterocycles. The monoisotopic (exact) mass is 335 g/mol. The standard InChI is InChI=1S/C18H26FN3O2/c1-13-10-14(19)2-5-16(13)17(23)11-21-6-8-22(9-7-21)12-18(24)20-15-3-4-15/h2,5,10,15,17,23H,3-4,6-9,11-12H2,1H3,(H,20,24). The number of aryl methyl sites for hydroxylation is 1. The first kappa shape index (κ1) is 17.3. The number of hydrogen-bond donors (Lipinski definition) is 2. The molecule has 0 aromatic heterocycles. The zero-order valence-corrected chi connectivity index (χ0v) is 14.2. The third kappa shape index (κ3) is 4.75. The van der Waals surface area contributed by atoms with Crippen LogP contribution in [0.5, 0.6) is 0 Å². The Morgan fingerprint density at radius 3 is 2.58 bits per heavy atom. The molecule has 1 heterocycles. The van der Waals surface area contributed by atoms with Crippen LogP contribution < -0.4 is 5.32 Å². The van der Waals surface area contributed by atoms with E-state index in [4.69, 9.17) is 0 Å². The molecule has 1 aliphatic heterocycles. The van der Waals surface area contributed by atoms with E-state index in [9.17, 15) is 14.3 Å². The van der Waals surface area contributed by atoms with Crippen LogP contribution in [0.4, 0.5) is 4.39 Å². The van der Waals surface area contributed by atoms with E-state index in [1.807, 2.05) is 6.92 Å². The molecule has 6 heteroatoms. The molecule has 2 N–H and O–H groups in total. The normalized spacial score (nSPS) is 20.8. The molecule has 2 aliphatic rings. The molecule has 0 spiro atoms. The number of carbonyl (C=O) groups is 1. The van der Waals surface area contributed by atoms with Crippen molar-refractivity contribution in [3.05, 3.63) is 35.1 Å². The number of aliphatic hydroxyl groups excluding tert-OH is 1. The van der Waals surface area contributed by atoms with E-state index in [1.165, 1.54) is 12.1 Å². The van der Waals surface area contributed by atoms with Gasteiger partial charge in [-0.2, -0.15) is 0 Å². The van der Waals surface area contributed by atoms with Crippen molar-refractivity contribution >= 4 is 5.91 Å². The first-order valence-electron chi connectivity index (χ1n) is 8.69. The average molecular weight is 335 g/mol. The van der Waals surface area contributed by atoms with Gasteiger partial charge >= 0.3 is 0 Å². The third-order valence-electron chi connectivity index (χ3n) is 4.80. The highest BCUT2D eigenvalue weighted by Gasteiger charge is 2.26. The van der Waals surface area contributed by atoms with Gasteiger partial charge in [-0.25, -0.2) is 4.39 Å². The van der Waals surface area contributed by atoms with Gasteiger partial charge in [-0.15, -0.1) is 0 Å². The molecule has 0 bridgehead atoms. The highest BCUT2D eigenvalue weighted by Crippen LogP contribution is 2.20. The summed E-state index contributed by atoms with van der Waals surface area (Å²) >= 11 is 0. The molecule has 0 radical (unpaired) electrons. The van der Waals surface area contributed by atoms with Crippen LogP contribution in [0.15, 0.2) is 18.2 Å². The lowest BCUT2D eigenvalue weighted by molar-refractivity contribution is -0.122. The Balaban J connectivity index is 1.43. The van der Waals surface area contributed by atoms with Crippen LogP contribution >= 0.6 is 0 Å². The summed E-state index contributed by atoms with van der Waals surface area (Å²) in [6.07, 6.45) is 1.61. The van der Waals surface area contributed by atoms with E-state index in [-0.39, 0.29) is 11.7 Å². The van der Waals surface area contributed by atoms with Crippen molar-refractivity contribution in [3.8, 4) is 0 Å². The summed E-state index contributed by atoms with van der Waals surface area (Å²) in [4.78, 5) is 16.2. The van der Waals surface area contributed by atoms with Crippen LogP contribution in [-0.4, -0.2) is 66.1 Å². The van der Waals surface area contributed by atoms with Gasteiger partial charge in [0.25, 0.3) is 0 Å². The fourth-order valence-electron chi connectivity index (χ4n) is 3.19. The predicted molar refractivity (Wildman–Crippen MR) is 90.1 cm³/mol. The smallest absolute Gasteiger partial charge is 0.234 e. The van der Waals surface area contributed by atoms with Crippen LogP contribution in [0.1, 0.15) is 30.1 Å². The molecule has 1 unspecified atom stereocenters. The molecule has 1 amide bonds. The molecule has 132 valence electrons. The molecule has 1 saturated carbocycles. The predicted octanol–water partition coefficient (Wildman–Crippen LogP) is 1.06. The van der Waals surface area contributed by atoms with E-state index in [0.717, 1.165) is 50.1 Å². The van der Waals surface area contributed by atoms with E-state index in [0.29, 0.717) is 19.1 Å². The van der Waals surface area contributed by atoms with E-state index in [2.05, 4.69) is 15.1 Å². The Morgan fingerprint density at radius 2 is 1.96 bits per heavy atom. The second-order valence-electron chi connectivity index (χ2n) is 6.94. The number of amides is 1. The van der Waals surface area contributed by atoms with Crippen molar-refractivity contribution in [2.75, 3.05) is 39.3 Å². The molecule has 2 fully saturated rings. The van der Waals surface area contributed by atoms with Gasteiger partial charge in [0.15, 0.2) is 0 Å². The summed E-state index contributed by atoms with van der Waals surface area (Å²) in [6.45, 7) is 6.12. The topological polar surface area (TPSA) is 55.8 Å². The van der Waals surface area contributed by atoms with Crippen LogP contribution in [0.25, 0.3) is 0 Å². The van der Waals surface area contributed by atoms with Gasteiger partial charge in [0, 0.05) is 38.8 Å². The largest absolute Gasteiger partial charge is 0.387 e. The van der Waals surface area contributed by atoms with Crippen LogP contribution in [0.2, 0.25) is 0 Å². The summed E-state index contributed by atoms with van der Waals surface area (Å²) < 4.78 is 13.2. The summed E-state index contributed by atoms with van der Waals surface area (Å²) in [6, 6.07) is 4.91. The maximum Gasteiger partial charge on any atom is 0.234 e. The third-order valence-corrected chi connectivity index (χ3v) is 4.80. The molecule has 1 aromatic rings. The van der Waals surface area contributed by atoms with Gasteiger partial charge in [0.2, 0.25) is 5.91 Å². The number of aliphatic hydroxyl groups is 1. The first-order valence-corrected chi connectivity index (χ1v) is 8.69. The number of β-amino-alcohol motifs (C(OH)–C–C–N with tert-alkyl or cyclic N) is 1. The molecule has 1 aliphatic carbocycles. The number of piperazine rings is 1. The Bertz CT molecular complexity index is 584. The molecule has 1 aromatic carbocycles. The number of carbonyl (C=O) groups excluding carboxylic acids is 1. The Morgan fingerprint density at radius 1 is 1.29 bits per heavy atom. The van der Waals surface area contributed by atoms with Gasteiger partial charge in [-0.3, -0.25) is 14.6 Å². The Hall–Kier alpha value is -1.50. The van der Waals surface area contributed by atoms with Crippen molar-refractivity contribution in [3.63, 3.8) is 0 Å². The zero-order chi connectivity index (χ0) is 17.1. The summed E-state index contributed by atoms with van der Waals surface area (Å²) in [7, 11) is 0. The minimum Gasteiger partial charge on any atom is -0.387 e. The SMILES string of the molecule is Cc1cc(F)ccc1C(O)CN1CCN(CC(=O)NC2CC2)CC1. The Labute approximate surface area is 142 Å².